The van der Waals surface area contributed by atoms with Crippen LogP contribution in [-0.2, 0) is 4.79 Å². The number of rotatable bonds is 3. The summed E-state index contributed by atoms with van der Waals surface area (Å²) in [5.41, 5.74) is 1.38. The molecule has 0 aromatic heterocycles. The van der Waals surface area contributed by atoms with E-state index in [2.05, 4.69) is 26.6 Å². The summed E-state index contributed by atoms with van der Waals surface area (Å²) >= 11 is 3.25. The first-order valence-corrected chi connectivity index (χ1v) is 6.92. The number of anilines is 2. The van der Waals surface area contributed by atoms with Crippen LogP contribution < -0.4 is 10.6 Å². The van der Waals surface area contributed by atoms with Crippen molar-refractivity contribution in [3.8, 4) is 5.75 Å². The van der Waals surface area contributed by atoms with E-state index in [9.17, 15) is 14.7 Å². The second-order valence-electron chi connectivity index (χ2n) is 4.37. The number of halogens is 1. The molecule has 0 fully saturated rings. The topological polar surface area (TPSA) is 78.4 Å². The molecule has 2 aromatic rings. The number of phenols is 1. The molecule has 0 bridgehead atoms. The van der Waals surface area contributed by atoms with Gasteiger partial charge in [-0.15, -0.1) is 0 Å². The number of benzene rings is 2. The lowest BCUT2D eigenvalue weighted by atomic mass is 10.2. The van der Waals surface area contributed by atoms with Crippen molar-refractivity contribution in [3.63, 3.8) is 0 Å². The van der Waals surface area contributed by atoms with Gasteiger partial charge in [-0.25, -0.2) is 0 Å². The molecule has 0 saturated carbocycles. The van der Waals surface area contributed by atoms with E-state index < -0.39 is 5.91 Å². The first-order chi connectivity index (χ1) is 9.95. The number of hydrogen-bond acceptors (Lipinski definition) is 3. The van der Waals surface area contributed by atoms with E-state index in [1.165, 1.54) is 19.1 Å². The van der Waals surface area contributed by atoms with Gasteiger partial charge in [-0.3, -0.25) is 9.59 Å². The SMILES string of the molecule is CC(=O)Nc1ccc(NC(=O)c2cc(Br)ccc2O)cc1. The van der Waals surface area contributed by atoms with E-state index in [0.717, 1.165) is 0 Å². The minimum absolute atomic E-state index is 0.0921. The Hall–Kier alpha value is -2.34. The summed E-state index contributed by atoms with van der Waals surface area (Å²) in [6, 6.07) is 11.3. The minimum Gasteiger partial charge on any atom is -0.507 e. The van der Waals surface area contributed by atoms with Crippen molar-refractivity contribution < 1.29 is 14.7 Å². The van der Waals surface area contributed by atoms with E-state index in [0.29, 0.717) is 15.8 Å². The molecule has 0 aliphatic rings. The predicted octanol–water partition coefficient (Wildman–Crippen LogP) is 3.37. The lowest BCUT2D eigenvalue weighted by molar-refractivity contribution is -0.114. The Labute approximate surface area is 130 Å². The lowest BCUT2D eigenvalue weighted by Crippen LogP contribution is -2.12. The van der Waals surface area contributed by atoms with Gasteiger partial charge in [-0.05, 0) is 42.5 Å². The van der Waals surface area contributed by atoms with E-state index in [-0.39, 0.29) is 17.2 Å². The highest BCUT2D eigenvalue weighted by molar-refractivity contribution is 9.10. The summed E-state index contributed by atoms with van der Waals surface area (Å²) < 4.78 is 0.700. The molecule has 3 N–H and O–H groups in total. The van der Waals surface area contributed by atoms with E-state index in [4.69, 9.17) is 0 Å². The number of aromatic hydroxyl groups is 1. The third kappa shape index (κ3) is 4.06. The standard InChI is InChI=1S/C15H13BrN2O3/c1-9(19)17-11-3-5-12(6-4-11)18-15(21)13-8-10(16)2-7-14(13)20/h2-8,20H,1H3,(H,17,19)(H,18,21). The molecule has 0 spiro atoms. The maximum atomic E-state index is 12.1. The fourth-order valence-corrected chi connectivity index (χ4v) is 2.09. The van der Waals surface area contributed by atoms with Gasteiger partial charge in [-0.1, -0.05) is 15.9 Å². The summed E-state index contributed by atoms with van der Waals surface area (Å²) in [6.07, 6.45) is 0. The summed E-state index contributed by atoms with van der Waals surface area (Å²) in [5.74, 6) is -0.669. The molecule has 0 atom stereocenters. The molecule has 0 heterocycles. The second kappa shape index (κ2) is 6.41. The predicted molar refractivity (Wildman–Crippen MR) is 84.5 cm³/mol. The number of nitrogens with one attached hydrogen (secondary N) is 2. The van der Waals surface area contributed by atoms with E-state index in [1.54, 1.807) is 30.3 Å². The molecule has 108 valence electrons. The van der Waals surface area contributed by atoms with Crippen molar-refractivity contribution >= 4 is 39.1 Å². The van der Waals surface area contributed by atoms with Gasteiger partial charge in [-0.2, -0.15) is 0 Å². The normalized spacial score (nSPS) is 10.0. The fourth-order valence-electron chi connectivity index (χ4n) is 1.73. The van der Waals surface area contributed by atoms with Crippen LogP contribution in [0.4, 0.5) is 11.4 Å². The Balaban J connectivity index is 2.12. The van der Waals surface area contributed by atoms with Gasteiger partial charge in [0.05, 0.1) is 5.56 Å². The molecule has 2 rings (SSSR count). The Morgan fingerprint density at radius 3 is 2.14 bits per heavy atom. The minimum atomic E-state index is -0.416. The van der Waals surface area contributed by atoms with Crippen LogP contribution in [0.5, 0.6) is 5.75 Å². The third-order valence-electron chi connectivity index (χ3n) is 2.67. The molecule has 0 aliphatic carbocycles. The number of amides is 2. The zero-order valence-corrected chi connectivity index (χ0v) is 12.8. The molecular weight excluding hydrogens is 336 g/mol. The van der Waals surface area contributed by atoms with Crippen LogP contribution in [0.25, 0.3) is 0 Å². The summed E-state index contributed by atoms with van der Waals surface area (Å²) in [5, 5.41) is 15.0. The average molecular weight is 349 g/mol. The monoisotopic (exact) mass is 348 g/mol. The molecule has 2 amide bonds. The van der Waals surface area contributed by atoms with Crippen molar-refractivity contribution in [2.75, 3.05) is 10.6 Å². The van der Waals surface area contributed by atoms with Crippen LogP contribution in [0.1, 0.15) is 17.3 Å². The summed E-state index contributed by atoms with van der Waals surface area (Å²) in [4.78, 5) is 23.0. The molecule has 2 aromatic carbocycles. The first-order valence-electron chi connectivity index (χ1n) is 6.13. The number of carbonyl (C=O) groups excluding carboxylic acids is 2. The number of hydrogen-bond donors (Lipinski definition) is 3. The Kier molecular flexibility index (Phi) is 4.59. The van der Waals surface area contributed by atoms with Gasteiger partial charge in [0, 0.05) is 22.8 Å². The molecule has 0 aliphatic heterocycles. The highest BCUT2D eigenvalue weighted by Gasteiger charge is 2.11. The number of phenolic OH excluding ortho intramolecular Hbond substituents is 1. The summed E-state index contributed by atoms with van der Waals surface area (Å²) in [7, 11) is 0. The lowest BCUT2D eigenvalue weighted by Gasteiger charge is -2.08. The van der Waals surface area contributed by atoms with Crippen molar-refractivity contribution in [1.82, 2.24) is 0 Å². The van der Waals surface area contributed by atoms with Gasteiger partial charge in [0.2, 0.25) is 5.91 Å². The average Bonchev–Trinajstić information content (AvgIpc) is 2.43. The first kappa shape index (κ1) is 15.1. The largest absolute Gasteiger partial charge is 0.507 e. The van der Waals surface area contributed by atoms with Crippen LogP contribution in [0.15, 0.2) is 46.9 Å². The van der Waals surface area contributed by atoms with Crippen LogP contribution in [0, 0.1) is 0 Å². The molecular formula is C15H13BrN2O3. The Morgan fingerprint density at radius 1 is 1.00 bits per heavy atom. The van der Waals surface area contributed by atoms with Gasteiger partial charge in [0.15, 0.2) is 0 Å². The molecule has 21 heavy (non-hydrogen) atoms. The van der Waals surface area contributed by atoms with Crippen molar-refractivity contribution in [2.24, 2.45) is 0 Å². The van der Waals surface area contributed by atoms with Gasteiger partial charge in [0.1, 0.15) is 5.75 Å². The number of carbonyl (C=O) groups is 2. The maximum Gasteiger partial charge on any atom is 0.259 e. The highest BCUT2D eigenvalue weighted by atomic mass is 79.9. The van der Waals surface area contributed by atoms with E-state index >= 15 is 0 Å². The van der Waals surface area contributed by atoms with Crippen molar-refractivity contribution in [1.29, 1.82) is 0 Å². The Morgan fingerprint density at radius 2 is 1.57 bits per heavy atom. The molecule has 0 radical (unpaired) electrons. The van der Waals surface area contributed by atoms with Crippen LogP contribution in [-0.4, -0.2) is 16.9 Å². The van der Waals surface area contributed by atoms with E-state index in [1.807, 2.05) is 0 Å². The fraction of sp³-hybridized carbons (Fsp3) is 0.0667. The molecule has 0 unspecified atom stereocenters. The van der Waals surface area contributed by atoms with Gasteiger partial charge >= 0.3 is 0 Å². The smallest absolute Gasteiger partial charge is 0.259 e. The summed E-state index contributed by atoms with van der Waals surface area (Å²) in [6.45, 7) is 1.42. The van der Waals surface area contributed by atoms with Gasteiger partial charge < -0.3 is 15.7 Å². The second-order valence-corrected chi connectivity index (χ2v) is 5.29. The highest BCUT2D eigenvalue weighted by Crippen LogP contribution is 2.23. The van der Waals surface area contributed by atoms with Crippen molar-refractivity contribution in [2.45, 2.75) is 6.92 Å². The van der Waals surface area contributed by atoms with Gasteiger partial charge in [0.25, 0.3) is 5.91 Å². The van der Waals surface area contributed by atoms with Crippen molar-refractivity contribution in [3.05, 3.63) is 52.5 Å². The molecule has 0 saturated heterocycles. The zero-order valence-electron chi connectivity index (χ0n) is 11.2. The zero-order chi connectivity index (χ0) is 15.4. The molecule has 6 heteroatoms. The Bertz CT molecular complexity index is 684. The van der Waals surface area contributed by atoms with Crippen LogP contribution in [0.2, 0.25) is 0 Å². The third-order valence-corrected chi connectivity index (χ3v) is 3.16. The quantitative estimate of drug-likeness (QED) is 0.795. The van der Waals surface area contributed by atoms with Crippen LogP contribution >= 0.6 is 15.9 Å². The maximum absolute atomic E-state index is 12.1. The van der Waals surface area contributed by atoms with Crippen LogP contribution in [0.3, 0.4) is 0 Å². The molecule has 5 nitrogen and oxygen atoms in total.